The van der Waals surface area contributed by atoms with Crippen LogP contribution in [-0.4, -0.2) is 0 Å². The summed E-state index contributed by atoms with van der Waals surface area (Å²) in [6, 6.07) is 86.2. The molecule has 0 fully saturated rings. The van der Waals surface area contributed by atoms with E-state index >= 15 is 0 Å². The highest BCUT2D eigenvalue weighted by Gasteiger charge is 2.15. The predicted molar refractivity (Wildman–Crippen MR) is 259 cm³/mol. The van der Waals surface area contributed by atoms with Crippen LogP contribution in [0.1, 0.15) is 0 Å². The van der Waals surface area contributed by atoms with E-state index in [1.165, 1.54) is 86.6 Å². The standard InChI is InChI=1S/C58H39NS/c1-3-9-49-37-51(23-21-40(49)7-1)46-17-13-42(14-18-46)44-25-31-54(32-26-44)59(56-35-29-48(30-36-56)58-39-53-11-5-6-12-57(53)60-58)55-33-27-45(28-34-55)43-15-19-47(20-16-43)52-24-22-41-8-2-4-10-50(41)38-52/h1-39H. The summed E-state index contributed by atoms with van der Waals surface area (Å²) >= 11 is 1.84. The molecule has 60 heavy (non-hydrogen) atoms. The van der Waals surface area contributed by atoms with E-state index < -0.39 is 0 Å². The zero-order valence-electron chi connectivity index (χ0n) is 32.9. The molecule has 0 aliphatic heterocycles. The van der Waals surface area contributed by atoms with E-state index in [0.717, 1.165) is 17.1 Å². The fourth-order valence-electron chi connectivity index (χ4n) is 8.40. The lowest BCUT2D eigenvalue weighted by molar-refractivity contribution is 1.28. The van der Waals surface area contributed by atoms with Crippen molar-refractivity contribution in [2.45, 2.75) is 0 Å². The fraction of sp³-hybridized carbons (Fsp3) is 0. The first-order valence-electron chi connectivity index (χ1n) is 20.5. The summed E-state index contributed by atoms with van der Waals surface area (Å²) in [6.45, 7) is 0. The van der Waals surface area contributed by atoms with Gasteiger partial charge in [-0.3, -0.25) is 0 Å². The lowest BCUT2D eigenvalue weighted by Crippen LogP contribution is -2.09. The van der Waals surface area contributed by atoms with Crippen LogP contribution in [0.25, 0.3) is 86.6 Å². The lowest BCUT2D eigenvalue weighted by Gasteiger charge is -2.26. The maximum Gasteiger partial charge on any atom is 0.0462 e. The molecule has 0 saturated heterocycles. The topological polar surface area (TPSA) is 3.24 Å². The van der Waals surface area contributed by atoms with Gasteiger partial charge in [-0.15, -0.1) is 11.3 Å². The Hall–Kier alpha value is -7.52. The molecule has 0 N–H and O–H groups in total. The van der Waals surface area contributed by atoms with Crippen molar-refractivity contribution in [3.8, 4) is 54.9 Å². The van der Waals surface area contributed by atoms with Gasteiger partial charge in [0.15, 0.2) is 0 Å². The second-order valence-corrected chi connectivity index (χ2v) is 16.5. The molecule has 1 aromatic heterocycles. The normalized spacial score (nSPS) is 11.3. The molecule has 282 valence electrons. The Morgan fingerprint density at radius 1 is 0.233 bits per heavy atom. The first-order valence-corrected chi connectivity index (χ1v) is 21.3. The lowest BCUT2D eigenvalue weighted by atomic mass is 9.98. The molecule has 0 aliphatic carbocycles. The maximum absolute atomic E-state index is 2.36. The molecular weight excluding hydrogens is 743 g/mol. The average molecular weight is 782 g/mol. The summed E-state index contributed by atoms with van der Waals surface area (Å²) in [5.41, 5.74) is 14.2. The van der Waals surface area contributed by atoms with Crippen molar-refractivity contribution in [3.05, 3.63) is 237 Å². The summed E-state index contributed by atoms with van der Waals surface area (Å²) in [7, 11) is 0. The highest BCUT2D eigenvalue weighted by atomic mass is 32.1. The van der Waals surface area contributed by atoms with Crippen LogP contribution in [0.3, 0.4) is 0 Å². The van der Waals surface area contributed by atoms with Crippen molar-refractivity contribution in [3.63, 3.8) is 0 Å². The quantitative estimate of drug-likeness (QED) is 0.148. The Labute approximate surface area is 354 Å². The molecule has 0 aliphatic rings. The third-order valence-electron chi connectivity index (χ3n) is 11.7. The Bertz CT molecular complexity index is 3070. The van der Waals surface area contributed by atoms with E-state index in [9.17, 15) is 0 Å². The van der Waals surface area contributed by atoms with Crippen molar-refractivity contribution >= 4 is 60.0 Å². The molecule has 0 unspecified atom stereocenters. The van der Waals surface area contributed by atoms with Gasteiger partial charge in [-0.1, -0.05) is 176 Å². The van der Waals surface area contributed by atoms with Gasteiger partial charge in [0.05, 0.1) is 0 Å². The number of thiophene rings is 1. The van der Waals surface area contributed by atoms with Crippen molar-refractivity contribution in [1.29, 1.82) is 0 Å². The number of hydrogen-bond donors (Lipinski definition) is 0. The first kappa shape index (κ1) is 35.6. The Kier molecular flexibility index (Phi) is 9.11. The summed E-state index contributed by atoms with van der Waals surface area (Å²) in [5.74, 6) is 0. The number of anilines is 3. The highest BCUT2D eigenvalue weighted by molar-refractivity contribution is 7.22. The molecule has 10 aromatic carbocycles. The van der Waals surface area contributed by atoms with Crippen molar-refractivity contribution in [2.24, 2.45) is 0 Å². The van der Waals surface area contributed by atoms with Crippen LogP contribution in [0, 0.1) is 0 Å². The summed E-state index contributed by atoms with van der Waals surface area (Å²) in [4.78, 5) is 3.63. The molecule has 0 saturated carbocycles. The van der Waals surface area contributed by atoms with Crippen LogP contribution in [0.15, 0.2) is 237 Å². The van der Waals surface area contributed by atoms with Crippen molar-refractivity contribution in [1.82, 2.24) is 0 Å². The van der Waals surface area contributed by atoms with Crippen LogP contribution >= 0.6 is 11.3 Å². The summed E-state index contributed by atoms with van der Waals surface area (Å²) in [6.07, 6.45) is 0. The molecule has 11 aromatic rings. The van der Waals surface area contributed by atoms with Crippen LogP contribution < -0.4 is 4.90 Å². The van der Waals surface area contributed by atoms with Gasteiger partial charge < -0.3 is 4.90 Å². The number of fused-ring (bicyclic) bond motifs is 3. The van der Waals surface area contributed by atoms with Gasteiger partial charge in [-0.05, 0) is 138 Å². The van der Waals surface area contributed by atoms with Gasteiger partial charge in [-0.25, -0.2) is 0 Å². The van der Waals surface area contributed by atoms with Crippen molar-refractivity contribution < 1.29 is 0 Å². The van der Waals surface area contributed by atoms with Crippen LogP contribution in [0.4, 0.5) is 17.1 Å². The van der Waals surface area contributed by atoms with Gasteiger partial charge in [-0.2, -0.15) is 0 Å². The number of hydrogen-bond acceptors (Lipinski definition) is 2. The highest BCUT2D eigenvalue weighted by Crippen LogP contribution is 2.40. The second-order valence-electron chi connectivity index (χ2n) is 15.4. The summed E-state index contributed by atoms with van der Waals surface area (Å²) < 4.78 is 1.31. The van der Waals surface area contributed by atoms with Crippen LogP contribution in [0.2, 0.25) is 0 Å². The summed E-state index contributed by atoms with van der Waals surface area (Å²) in [5, 5.41) is 6.33. The number of benzene rings is 10. The monoisotopic (exact) mass is 781 g/mol. The van der Waals surface area contributed by atoms with Gasteiger partial charge in [0.25, 0.3) is 0 Å². The Morgan fingerprint density at radius 2 is 0.550 bits per heavy atom. The zero-order chi connectivity index (χ0) is 39.8. The first-order chi connectivity index (χ1) is 29.7. The third-order valence-corrected chi connectivity index (χ3v) is 12.9. The molecule has 0 bridgehead atoms. The van der Waals surface area contributed by atoms with E-state index in [0.29, 0.717) is 0 Å². The largest absolute Gasteiger partial charge is 0.311 e. The van der Waals surface area contributed by atoms with Crippen molar-refractivity contribution in [2.75, 3.05) is 4.90 Å². The molecule has 0 atom stereocenters. The second kappa shape index (κ2) is 15.3. The molecule has 0 amide bonds. The van der Waals surface area contributed by atoms with Gasteiger partial charge in [0.2, 0.25) is 0 Å². The maximum atomic E-state index is 2.36. The van der Waals surface area contributed by atoms with Gasteiger partial charge in [0.1, 0.15) is 0 Å². The van der Waals surface area contributed by atoms with Crippen LogP contribution in [0.5, 0.6) is 0 Å². The smallest absolute Gasteiger partial charge is 0.0462 e. The molecular formula is C58H39NS. The molecule has 1 nitrogen and oxygen atoms in total. The van der Waals surface area contributed by atoms with E-state index in [1.54, 1.807) is 0 Å². The molecule has 2 heteroatoms. The Balaban J connectivity index is 0.893. The minimum atomic E-state index is 1.11. The third kappa shape index (κ3) is 6.94. The van der Waals surface area contributed by atoms with Crippen LogP contribution in [-0.2, 0) is 0 Å². The number of rotatable bonds is 8. The molecule has 0 radical (unpaired) electrons. The van der Waals surface area contributed by atoms with E-state index in [-0.39, 0.29) is 0 Å². The van der Waals surface area contributed by atoms with Gasteiger partial charge in [0, 0.05) is 26.6 Å². The minimum absolute atomic E-state index is 1.11. The SMILES string of the molecule is c1ccc2cc(-c3ccc(-c4ccc(N(c5ccc(-c6ccc(-c7ccc8ccccc8c7)cc6)cc5)c5ccc(-c6cc7ccccc7s6)cc5)cc4)cc3)ccc2c1. The fourth-order valence-corrected chi connectivity index (χ4v) is 9.47. The van der Waals surface area contributed by atoms with E-state index in [2.05, 4.69) is 241 Å². The molecule has 1 heterocycles. The predicted octanol–water partition coefficient (Wildman–Crippen LogP) is 17.0. The molecule has 0 spiro atoms. The zero-order valence-corrected chi connectivity index (χ0v) is 33.7. The van der Waals surface area contributed by atoms with E-state index in [1.807, 2.05) is 11.3 Å². The Morgan fingerprint density at radius 3 is 0.967 bits per heavy atom. The van der Waals surface area contributed by atoms with Gasteiger partial charge >= 0.3 is 0 Å². The number of nitrogens with zero attached hydrogens (tertiary/aromatic N) is 1. The molecule has 11 rings (SSSR count). The average Bonchev–Trinajstić information content (AvgIpc) is 3.77. The minimum Gasteiger partial charge on any atom is -0.311 e. The van der Waals surface area contributed by atoms with E-state index in [4.69, 9.17) is 0 Å².